The summed E-state index contributed by atoms with van der Waals surface area (Å²) in [4.78, 5) is 0. The molecule has 0 aliphatic heterocycles. The standard InChI is InChI=1S/C8H11NO4/c10-4-6(9-13)5-1-2-7(11)8(12)3-5/h1-3,6,9-13H,4H2. The van der Waals surface area contributed by atoms with E-state index in [0.717, 1.165) is 0 Å². The summed E-state index contributed by atoms with van der Waals surface area (Å²) in [5, 5.41) is 35.4. The molecule has 0 bridgehead atoms. The lowest BCUT2D eigenvalue weighted by Crippen LogP contribution is -2.20. The average Bonchev–Trinajstić information content (AvgIpc) is 2.13. The van der Waals surface area contributed by atoms with Crippen molar-refractivity contribution in [1.29, 1.82) is 0 Å². The van der Waals surface area contributed by atoms with E-state index in [9.17, 15) is 0 Å². The first-order chi connectivity index (χ1) is 6.19. The number of phenolic OH excluding ortho intramolecular Hbond substituents is 2. The van der Waals surface area contributed by atoms with E-state index in [4.69, 9.17) is 20.5 Å². The zero-order chi connectivity index (χ0) is 9.84. The summed E-state index contributed by atoms with van der Waals surface area (Å²) in [6.07, 6.45) is 0. The van der Waals surface area contributed by atoms with Crippen molar-refractivity contribution in [3.05, 3.63) is 23.8 Å². The van der Waals surface area contributed by atoms with Gasteiger partial charge in [-0.2, -0.15) is 5.48 Å². The van der Waals surface area contributed by atoms with E-state index < -0.39 is 6.04 Å². The molecule has 1 atom stereocenters. The molecule has 5 nitrogen and oxygen atoms in total. The number of hydrogen-bond acceptors (Lipinski definition) is 5. The van der Waals surface area contributed by atoms with E-state index in [1.54, 1.807) is 0 Å². The molecule has 1 aromatic rings. The van der Waals surface area contributed by atoms with Crippen molar-refractivity contribution in [2.45, 2.75) is 6.04 Å². The quantitative estimate of drug-likeness (QED) is 0.340. The molecule has 0 heterocycles. The van der Waals surface area contributed by atoms with Crippen LogP contribution in [0.4, 0.5) is 0 Å². The summed E-state index contributed by atoms with van der Waals surface area (Å²) in [5.74, 6) is -0.524. The Morgan fingerprint density at radius 2 is 1.92 bits per heavy atom. The highest BCUT2D eigenvalue weighted by Crippen LogP contribution is 2.27. The van der Waals surface area contributed by atoms with E-state index in [1.165, 1.54) is 18.2 Å². The lowest BCUT2D eigenvalue weighted by molar-refractivity contribution is 0.0905. The molecule has 0 saturated carbocycles. The minimum atomic E-state index is -0.661. The molecular weight excluding hydrogens is 174 g/mol. The van der Waals surface area contributed by atoms with E-state index >= 15 is 0 Å². The van der Waals surface area contributed by atoms with Crippen LogP contribution in [0.5, 0.6) is 11.5 Å². The molecule has 0 amide bonds. The number of benzene rings is 1. The van der Waals surface area contributed by atoms with Crippen molar-refractivity contribution in [3.8, 4) is 11.5 Å². The average molecular weight is 185 g/mol. The van der Waals surface area contributed by atoms with Gasteiger partial charge >= 0.3 is 0 Å². The third kappa shape index (κ3) is 2.09. The molecule has 1 unspecified atom stereocenters. The monoisotopic (exact) mass is 185 g/mol. The van der Waals surface area contributed by atoms with Crippen molar-refractivity contribution < 1.29 is 20.5 Å². The van der Waals surface area contributed by atoms with Crippen LogP contribution in [0, 0.1) is 0 Å². The number of aromatic hydroxyl groups is 2. The molecule has 5 heteroatoms. The maximum atomic E-state index is 9.10. The normalized spacial score (nSPS) is 12.8. The molecule has 0 spiro atoms. The first-order valence-corrected chi connectivity index (χ1v) is 3.71. The Morgan fingerprint density at radius 3 is 2.38 bits per heavy atom. The second kappa shape index (κ2) is 4.08. The van der Waals surface area contributed by atoms with E-state index in [0.29, 0.717) is 5.56 Å². The van der Waals surface area contributed by atoms with E-state index in [-0.39, 0.29) is 18.1 Å². The Balaban J connectivity index is 2.95. The fourth-order valence-electron chi connectivity index (χ4n) is 0.978. The van der Waals surface area contributed by atoms with Crippen LogP contribution >= 0.6 is 0 Å². The van der Waals surface area contributed by atoms with E-state index in [1.807, 2.05) is 5.48 Å². The number of hydrogen-bond donors (Lipinski definition) is 5. The number of nitrogens with one attached hydrogen (secondary N) is 1. The summed E-state index contributed by atoms with van der Waals surface area (Å²) in [6, 6.07) is 3.37. The van der Waals surface area contributed by atoms with Crippen LogP contribution in [0.1, 0.15) is 11.6 Å². The lowest BCUT2D eigenvalue weighted by atomic mass is 10.1. The summed E-state index contributed by atoms with van der Waals surface area (Å²) in [6.45, 7) is -0.305. The van der Waals surface area contributed by atoms with Gasteiger partial charge in [0, 0.05) is 0 Å². The van der Waals surface area contributed by atoms with Crippen LogP contribution in [-0.2, 0) is 0 Å². The van der Waals surface area contributed by atoms with Gasteiger partial charge in [-0.1, -0.05) is 6.07 Å². The Labute approximate surface area is 74.8 Å². The van der Waals surface area contributed by atoms with Crippen molar-refractivity contribution in [2.24, 2.45) is 0 Å². The van der Waals surface area contributed by atoms with Crippen LogP contribution in [0.15, 0.2) is 18.2 Å². The smallest absolute Gasteiger partial charge is 0.157 e. The topological polar surface area (TPSA) is 93.0 Å². The zero-order valence-corrected chi connectivity index (χ0v) is 6.81. The Kier molecular flexibility index (Phi) is 3.07. The molecule has 1 aromatic carbocycles. The minimum absolute atomic E-state index is 0.238. The first kappa shape index (κ1) is 9.79. The number of hydroxylamine groups is 1. The third-order valence-electron chi connectivity index (χ3n) is 1.74. The molecule has 0 aromatic heterocycles. The SMILES string of the molecule is OCC(NO)c1ccc(O)c(O)c1. The molecule has 13 heavy (non-hydrogen) atoms. The predicted octanol–water partition coefficient (Wildman–Crippen LogP) is 0.110. The maximum Gasteiger partial charge on any atom is 0.157 e. The first-order valence-electron chi connectivity index (χ1n) is 3.71. The van der Waals surface area contributed by atoms with Gasteiger partial charge in [0.15, 0.2) is 11.5 Å². The Morgan fingerprint density at radius 1 is 1.23 bits per heavy atom. The van der Waals surface area contributed by atoms with Crippen molar-refractivity contribution in [3.63, 3.8) is 0 Å². The van der Waals surface area contributed by atoms with Crippen LogP contribution < -0.4 is 5.48 Å². The predicted molar refractivity (Wildman–Crippen MR) is 44.5 cm³/mol. The Bertz CT molecular complexity index is 285. The third-order valence-corrected chi connectivity index (χ3v) is 1.74. The molecule has 0 aliphatic carbocycles. The summed E-state index contributed by atoms with van der Waals surface area (Å²) in [5.41, 5.74) is 2.36. The van der Waals surface area contributed by atoms with Gasteiger partial charge in [0.25, 0.3) is 0 Å². The molecule has 0 saturated heterocycles. The number of aliphatic hydroxyl groups excluding tert-OH is 1. The second-order valence-electron chi connectivity index (χ2n) is 2.61. The van der Waals surface area contributed by atoms with Gasteiger partial charge in [0.05, 0.1) is 12.6 Å². The molecule has 0 aliphatic rings. The van der Waals surface area contributed by atoms with Gasteiger partial charge in [0.1, 0.15) is 0 Å². The molecular formula is C8H11NO4. The van der Waals surface area contributed by atoms with Crippen molar-refractivity contribution in [2.75, 3.05) is 6.61 Å². The Hall–Kier alpha value is -1.30. The van der Waals surface area contributed by atoms with Crippen LogP contribution in [0.2, 0.25) is 0 Å². The van der Waals surface area contributed by atoms with Gasteiger partial charge in [-0.25, -0.2) is 0 Å². The van der Waals surface area contributed by atoms with Gasteiger partial charge in [0.2, 0.25) is 0 Å². The van der Waals surface area contributed by atoms with Gasteiger partial charge in [-0.05, 0) is 17.7 Å². The fraction of sp³-hybridized carbons (Fsp3) is 0.250. The summed E-state index contributed by atoms with van der Waals surface area (Å²) < 4.78 is 0. The minimum Gasteiger partial charge on any atom is -0.504 e. The number of phenols is 2. The largest absolute Gasteiger partial charge is 0.504 e. The highest BCUT2D eigenvalue weighted by atomic mass is 16.5. The number of rotatable bonds is 3. The number of aliphatic hydroxyl groups is 1. The van der Waals surface area contributed by atoms with Crippen LogP contribution in [0.3, 0.4) is 0 Å². The molecule has 1 rings (SSSR count). The zero-order valence-electron chi connectivity index (χ0n) is 6.81. The lowest BCUT2D eigenvalue weighted by Gasteiger charge is -2.12. The maximum absolute atomic E-state index is 9.10. The highest BCUT2D eigenvalue weighted by molar-refractivity contribution is 5.41. The van der Waals surface area contributed by atoms with Crippen LogP contribution in [-0.4, -0.2) is 27.1 Å². The van der Waals surface area contributed by atoms with Gasteiger partial charge in [-0.15, -0.1) is 0 Å². The van der Waals surface area contributed by atoms with E-state index in [2.05, 4.69) is 0 Å². The molecule has 0 fully saturated rings. The molecule has 0 radical (unpaired) electrons. The molecule has 5 N–H and O–H groups in total. The second-order valence-corrected chi connectivity index (χ2v) is 2.61. The molecule has 72 valence electrons. The fourth-order valence-corrected chi connectivity index (χ4v) is 0.978. The van der Waals surface area contributed by atoms with Crippen molar-refractivity contribution >= 4 is 0 Å². The summed E-state index contributed by atoms with van der Waals surface area (Å²) in [7, 11) is 0. The van der Waals surface area contributed by atoms with Gasteiger partial charge in [-0.3, -0.25) is 0 Å². The van der Waals surface area contributed by atoms with Crippen LogP contribution in [0.25, 0.3) is 0 Å². The highest BCUT2D eigenvalue weighted by Gasteiger charge is 2.10. The summed E-state index contributed by atoms with van der Waals surface area (Å²) >= 11 is 0. The van der Waals surface area contributed by atoms with Crippen molar-refractivity contribution in [1.82, 2.24) is 5.48 Å². The van der Waals surface area contributed by atoms with Gasteiger partial charge < -0.3 is 20.5 Å².